The second kappa shape index (κ2) is 12.7. The molecule has 0 spiro atoms. The first-order valence-electron chi connectivity index (χ1n) is 14.5. The zero-order chi connectivity index (χ0) is 30.6. The lowest BCUT2D eigenvalue weighted by atomic mass is 9.86. The predicted octanol–water partition coefficient (Wildman–Crippen LogP) is 2.88. The van der Waals surface area contributed by atoms with Gasteiger partial charge in [0, 0.05) is 49.0 Å². The normalized spacial score (nSPS) is 17.3. The van der Waals surface area contributed by atoms with Crippen LogP contribution in [-0.4, -0.2) is 83.2 Å². The molecule has 1 unspecified atom stereocenters. The Labute approximate surface area is 251 Å². The number of hydrogen-bond donors (Lipinski definition) is 3. The zero-order valence-electron chi connectivity index (χ0n) is 24.8. The van der Waals surface area contributed by atoms with E-state index in [0.29, 0.717) is 62.2 Å². The van der Waals surface area contributed by atoms with Crippen LogP contribution < -0.4 is 21.3 Å². The molecule has 0 aliphatic carbocycles. The van der Waals surface area contributed by atoms with Crippen molar-refractivity contribution in [2.75, 3.05) is 49.6 Å². The molecule has 3 heterocycles. The van der Waals surface area contributed by atoms with Crippen molar-refractivity contribution in [2.24, 2.45) is 5.73 Å². The maximum atomic E-state index is 13.0. The van der Waals surface area contributed by atoms with Crippen LogP contribution in [0.25, 0.3) is 0 Å². The van der Waals surface area contributed by atoms with E-state index in [1.807, 2.05) is 29.2 Å². The molecule has 1 atom stereocenters. The number of hydrogen-bond acceptors (Lipinski definition) is 9. The molecule has 1 aromatic heterocycles. The molecule has 2 fully saturated rings. The monoisotopic (exact) mass is 586 g/mol. The number of nitrogens with zero attached hydrogens (tertiary/aromatic N) is 5. The van der Waals surface area contributed by atoms with Crippen LogP contribution in [0.15, 0.2) is 48.5 Å². The third-order valence-corrected chi connectivity index (χ3v) is 7.65. The molecule has 2 saturated heterocycles. The summed E-state index contributed by atoms with van der Waals surface area (Å²) in [5.41, 5.74) is 8.41. The van der Waals surface area contributed by atoms with E-state index in [0.717, 1.165) is 12.8 Å². The van der Waals surface area contributed by atoms with Gasteiger partial charge in [-0.25, -0.2) is 0 Å². The Kier molecular flexibility index (Phi) is 8.86. The number of aromatic nitrogens is 3. The van der Waals surface area contributed by atoms with E-state index in [-0.39, 0.29) is 34.8 Å². The van der Waals surface area contributed by atoms with Crippen LogP contribution in [0.1, 0.15) is 70.4 Å². The van der Waals surface area contributed by atoms with Gasteiger partial charge in [-0.2, -0.15) is 4.98 Å². The molecule has 3 amide bonds. The van der Waals surface area contributed by atoms with Crippen molar-refractivity contribution in [1.29, 1.82) is 0 Å². The lowest BCUT2D eigenvalue weighted by Crippen LogP contribution is -2.48. The minimum absolute atomic E-state index is 0.0101. The van der Waals surface area contributed by atoms with Crippen LogP contribution in [0.2, 0.25) is 0 Å². The van der Waals surface area contributed by atoms with Crippen LogP contribution in [-0.2, 0) is 10.2 Å². The highest BCUT2D eigenvalue weighted by Crippen LogP contribution is 2.24. The summed E-state index contributed by atoms with van der Waals surface area (Å²) in [5, 5.41) is 14.5. The molecular formula is C31H38N8O4. The van der Waals surface area contributed by atoms with Crippen LogP contribution in [0.5, 0.6) is 0 Å². The standard InChI is InChI=1S/C31H38N8O4/c1-31(2,3)22-10-6-20(7-11-22)28(41)34-24-5-4-14-39(19-24)30-35-27(25(26(32)40)36-37-30)33-23-12-8-21(9-13-23)29(42)38-15-17-43-18-16-38/h6-13,24H,4-5,14-19H2,1-3H3,(H2,32,40)(H,34,41)(H,33,35,37). The summed E-state index contributed by atoms with van der Waals surface area (Å²) in [6.07, 6.45) is 1.63. The van der Waals surface area contributed by atoms with Gasteiger partial charge in [0.05, 0.1) is 13.2 Å². The van der Waals surface area contributed by atoms with Crippen LogP contribution in [0.4, 0.5) is 17.5 Å². The van der Waals surface area contributed by atoms with Gasteiger partial charge in [0.15, 0.2) is 11.5 Å². The summed E-state index contributed by atoms with van der Waals surface area (Å²) in [7, 11) is 0. The number of nitrogens with two attached hydrogens (primary N) is 1. The largest absolute Gasteiger partial charge is 0.378 e. The average molecular weight is 587 g/mol. The van der Waals surface area contributed by atoms with E-state index in [4.69, 9.17) is 10.5 Å². The van der Waals surface area contributed by atoms with E-state index in [1.54, 1.807) is 29.2 Å². The Morgan fingerprint density at radius 1 is 0.930 bits per heavy atom. The number of amides is 3. The number of carbonyl (C=O) groups is 3. The Hall–Kier alpha value is -4.58. The molecule has 12 heteroatoms. The Bertz CT molecular complexity index is 1460. The number of anilines is 3. The van der Waals surface area contributed by atoms with Gasteiger partial charge in [0.25, 0.3) is 17.7 Å². The van der Waals surface area contributed by atoms with Crippen molar-refractivity contribution in [3.63, 3.8) is 0 Å². The minimum Gasteiger partial charge on any atom is -0.378 e. The van der Waals surface area contributed by atoms with Crippen LogP contribution in [0.3, 0.4) is 0 Å². The molecule has 0 radical (unpaired) electrons. The number of ether oxygens (including phenoxy) is 1. The highest BCUT2D eigenvalue weighted by molar-refractivity contribution is 5.97. The molecule has 43 heavy (non-hydrogen) atoms. The Morgan fingerprint density at radius 3 is 2.26 bits per heavy atom. The van der Waals surface area contributed by atoms with Crippen molar-refractivity contribution in [2.45, 2.75) is 45.1 Å². The first-order valence-corrected chi connectivity index (χ1v) is 14.5. The predicted molar refractivity (Wildman–Crippen MR) is 163 cm³/mol. The Balaban J connectivity index is 1.26. The minimum atomic E-state index is -0.769. The number of morpholine rings is 1. The number of carbonyl (C=O) groups excluding carboxylic acids is 3. The molecule has 5 rings (SSSR count). The van der Waals surface area contributed by atoms with Crippen molar-refractivity contribution < 1.29 is 19.1 Å². The summed E-state index contributed by atoms with van der Waals surface area (Å²) in [5.74, 6) is -0.481. The third kappa shape index (κ3) is 7.26. The number of rotatable bonds is 7. The second-order valence-corrected chi connectivity index (χ2v) is 11.9. The maximum absolute atomic E-state index is 13.0. The van der Waals surface area contributed by atoms with Crippen molar-refractivity contribution in [3.05, 3.63) is 70.9 Å². The first kappa shape index (κ1) is 29.9. The Morgan fingerprint density at radius 2 is 1.60 bits per heavy atom. The van der Waals surface area contributed by atoms with Crippen LogP contribution >= 0.6 is 0 Å². The van der Waals surface area contributed by atoms with Crippen molar-refractivity contribution in [1.82, 2.24) is 25.4 Å². The molecule has 0 saturated carbocycles. The average Bonchev–Trinajstić information content (AvgIpc) is 3.01. The van der Waals surface area contributed by atoms with E-state index >= 15 is 0 Å². The first-order chi connectivity index (χ1) is 20.6. The van der Waals surface area contributed by atoms with Crippen molar-refractivity contribution >= 4 is 35.2 Å². The number of benzene rings is 2. The topological polar surface area (TPSA) is 156 Å². The summed E-state index contributed by atoms with van der Waals surface area (Å²) in [6.45, 7) is 9.74. The molecule has 4 N–H and O–H groups in total. The molecule has 0 bridgehead atoms. The molecule has 2 aliphatic rings. The van der Waals surface area contributed by atoms with Gasteiger partial charge in [0.1, 0.15) is 0 Å². The lowest BCUT2D eigenvalue weighted by Gasteiger charge is -2.33. The molecule has 3 aromatic rings. The third-order valence-electron chi connectivity index (χ3n) is 7.65. The van der Waals surface area contributed by atoms with Gasteiger partial charge in [-0.3, -0.25) is 14.4 Å². The fourth-order valence-corrected chi connectivity index (χ4v) is 5.15. The van der Waals surface area contributed by atoms with Gasteiger partial charge in [0.2, 0.25) is 5.95 Å². The van der Waals surface area contributed by atoms with Crippen molar-refractivity contribution in [3.8, 4) is 0 Å². The summed E-state index contributed by atoms with van der Waals surface area (Å²) < 4.78 is 5.33. The molecule has 12 nitrogen and oxygen atoms in total. The highest BCUT2D eigenvalue weighted by atomic mass is 16.5. The highest BCUT2D eigenvalue weighted by Gasteiger charge is 2.26. The van der Waals surface area contributed by atoms with E-state index in [9.17, 15) is 14.4 Å². The van der Waals surface area contributed by atoms with Gasteiger partial charge in [-0.1, -0.05) is 32.9 Å². The number of nitrogens with one attached hydrogen (secondary N) is 2. The molecule has 2 aliphatic heterocycles. The molecular weight excluding hydrogens is 548 g/mol. The number of piperidine rings is 1. The smallest absolute Gasteiger partial charge is 0.273 e. The van der Waals surface area contributed by atoms with E-state index < -0.39 is 5.91 Å². The van der Waals surface area contributed by atoms with Gasteiger partial charge < -0.3 is 30.9 Å². The molecule has 2 aromatic carbocycles. The quantitative estimate of drug-likeness (QED) is 0.379. The van der Waals surface area contributed by atoms with Crippen LogP contribution in [0, 0.1) is 0 Å². The summed E-state index contributed by atoms with van der Waals surface area (Å²) in [6, 6.07) is 14.5. The SMILES string of the molecule is CC(C)(C)c1ccc(C(=O)NC2CCCN(c3nnc(C(N)=O)c(Nc4ccc(C(=O)N5CCOCC5)cc4)n3)C2)cc1. The van der Waals surface area contributed by atoms with E-state index in [2.05, 4.69) is 46.6 Å². The van der Waals surface area contributed by atoms with Gasteiger partial charge in [-0.05, 0) is 60.2 Å². The summed E-state index contributed by atoms with van der Waals surface area (Å²) in [4.78, 5) is 46.2. The van der Waals surface area contributed by atoms with Gasteiger partial charge >= 0.3 is 0 Å². The fourth-order valence-electron chi connectivity index (χ4n) is 5.15. The maximum Gasteiger partial charge on any atom is 0.273 e. The lowest BCUT2D eigenvalue weighted by molar-refractivity contribution is 0.0303. The summed E-state index contributed by atoms with van der Waals surface area (Å²) >= 11 is 0. The van der Waals surface area contributed by atoms with Gasteiger partial charge in [-0.15, -0.1) is 10.2 Å². The second-order valence-electron chi connectivity index (χ2n) is 11.9. The van der Waals surface area contributed by atoms with E-state index in [1.165, 1.54) is 5.56 Å². The molecule has 226 valence electrons. The zero-order valence-corrected chi connectivity index (χ0v) is 24.8. The fraction of sp³-hybridized carbons (Fsp3) is 0.419. The number of primary amides is 1.